The van der Waals surface area contributed by atoms with Gasteiger partial charge in [0.15, 0.2) is 0 Å². The summed E-state index contributed by atoms with van der Waals surface area (Å²) in [4.78, 5) is 23.0. The summed E-state index contributed by atoms with van der Waals surface area (Å²) in [6.45, 7) is 3.21. The molecular weight excluding hydrogens is 318 g/mol. The second-order valence-corrected chi connectivity index (χ2v) is 6.32. The van der Waals surface area contributed by atoms with Gasteiger partial charge in [-0.3, -0.25) is 4.79 Å². The van der Waals surface area contributed by atoms with E-state index in [1.807, 2.05) is 6.92 Å². The molecule has 1 aliphatic rings. The lowest BCUT2D eigenvalue weighted by molar-refractivity contribution is -0.121. The molecule has 1 aliphatic heterocycles. The van der Waals surface area contributed by atoms with Crippen LogP contribution in [0.5, 0.6) is 0 Å². The number of nitrogens with one attached hydrogen (secondary N) is 3. The molecule has 134 valence electrons. The number of ether oxygens (including phenoxy) is 1. The van der Waals surface area contributed by atoms with Crippen molar-refractivity contribution in [2.24, 2.45) is 0 Å². The Balaban J connectivity index is 2.07. The Morgan fingerprint density at radius 1 is 1.39 bits per heavy atom. The topological polar surface area (TPSA) is 99.7 Å². The third-order valence-electron chi connectivity index (χ3n) is 3.86. The Morgan fingerprint density at radius 3 is 2.87 bits per heavy atom. The van der Waals surface area contributed by atoms with Gasteiger partial charge in [-0.05, 0) is 19.3 Å². The number of hydrogen-bond acceptors (Lipinski definition) is 5. The largest absolute Gasteiger partial charge is 0.394 e. The zero-order chi connectivity index (χ0) is 17.1. The standard InChI is InChI=1S/C15H29N3O4S/c1-2-11-14(18-15(21)17-11)12(23)5-3-4-6-13(20)16-7-9-22-10-8-19/h11-12,14,19,23H,2-10H2,1H3,(H,16,20)(H2,17,18,21). The van der Waals surface area contributed by atoms with Crippen LogP contribution in [-0.2, 0) is 9.53 Å². The van der Waals surface area contributed by atoms with Gasteiger partial charge in [-0.2, -0.15) is 12.6 Å². The van der Waals surface area contributed by atoms with E-state index < -0.39 is 0 Å². The minimum Gasteiger partial charge on any atom is -0.394 e. The quantitative estimate of drug-likeness (QED) is 0.261. The molecular formula is C15H29N3O4S. The predicted octanol–water partition coefficient (Wildman–Crippen LogP) is 0.430. The van der Waals surface area contributed by atoms with E-state index in [1.54, 1.807) is 0 Å². The zero-order valence-electron chi connectivity index (χ0n) is 13.7. The molecule has 1 fully saturated rings. The van der Waals surface area contributed by atoms with Gasteiger partial charge in [0.05, 0.1) is 31.9 Å². The zero-order valence-corrected chi connectivity index (χ0v) is 14.6. The van der Waals surface area contributed by atoms with Crippen LogP contribution in [0.1, 0.15) is 39.0 Å². The van der Waals surface area contributed by atoms with Crippen molar-refractivity contribution in [1.82, 2.24) is 16.0 Å². The minimum atomic E-state index is -0.122. The van der Waals surface area contributed by atoms with Gasteiger partial charge < -0.3 is 25.8 Å². The summed E-state index contributed by atoms with van der Waals surface area (Å²) in [5.41, 5.74) is 0. The maximum atomic E-state index is 11.6. The van der Waals surface area contributed by atoms with Gasteiger partial charge in [-0.1, -0.05) is 13.3 Å². The lowest BCUT2D eigenvalue weighted by atomic mass is 9.99. The first kappa shape index (κ1) is 20.1. The summed E-state index contributed by atoms with van der Waals surface area (Å²) < 4.78 is 5.06. The number of hydrogen-bond donors (Lipinski definition) is 5. The fourth-order valence-electron chi connectivity index (χ4n) is 2.61. The summed E-state index contributed by atoms with van der Waals surface area (Å²) in [7, 11) is 0. The van der Waals surface area contributed by atoms with E-state index in [0.29, 0.717) is 26.2 Å². The van der Waals surface area contributed by atoms with E-state index in [0.717, 1.165) is 25.7 Å². The summed E-state index contributed by atoms with van der Waals surface area (Å²) in [5, 5.41) is 17.2. The van der Waals surface area contributed by atoms with Crippen LogP contribution in [0, 0.1) is 0 Å². The summed E-state index contributed by atoms with van der Waals surface area (Å²) in [6.07, 6.45) is 3.91. The smallest absolute Gasteiger partial charge is 0.315 e. The van der Waals surface area contributed by atoms with Crippen molar-refractivity contribution in [2.75, 3.05) is 26.4 Å². The lowest BCUT2D eigenvalue weighted by Crippen LogP contribution is -2.40. The second-order valence-electron chi connectivity index (χ2n) is 5.66. The Morgan fingerprint density at radius 2 is 2.17 bits per heavy atom. The Hall–Kier alpha value is -0.990. The molecule has 3 atom stereocenters. The SMILES string of the molecule is CCC1NC(=O)NC1C(S)CCCCC(=O)NCCOCCO. The first-order valence-corrected chi connectivity index (χ1v) is 8.80. The molecule has 4 N–H and O–H groups in total. The van der Waals surface area contributed by atoms with Gasteiger partial charge in [-0.25, -0.2) is 4.79 Å². The molecule has 7 nitrogen and oxygen atoms in total. The highest BCUT2D eigenvalue weighted by Crippen LogP contribution is 2.19. The molecule has 8 heteroatoms. The van der Waals surface area contributed by atoms with Crippen molar-refractivity contribution < 1.29 is 19.4 Å². The third kappa shape index (κ3) is 7.90. The highest BCUT2D eigenvalue weighted by atomic mass is 32.1. The van der Waals surface area contributed by atoms with E-state index in [9.17, 15) is 9.59 Å². The predicted molar refractivity (Wildman–Crippen MR) is 91.7 cm³/mol. The van der Waals surface area contributed by atoms with E-state index in [4.69, 9.17) is 9.84 Å². The molecule has 0 spiro atoms. The maximum Gasteiger partial charge on any atom is 0.315 e. The summed E-state index contributed by atoms with van der Waals surface area (Å²) >= 11 is 4.60. The van der Waals surface area contributed by atoms with E-state index >= 15 is 0 Å². The van der Waals surface area contributed by atoms with Crippen LogP contribution in [0.3, 0.4) is 0 Å². The van der Waals surface area contributed by atoms with Crippen LogP contribution in [0.15, 0.2) is 0 Å². The third-order valence-corrected chi connectivity index (χ3v) is 4.44. The van der Waals surface area contributed by atoms with Crippen molar-refractivity contribution in [3.8, 4) is 0 Å². The molecule has 0 radical (unpaired) electrons. The molecule has 0 aromatic carbocycles. The maximum absolute atomic E-state index is 11.6. The Bertz CT molecular complexity index is 371. The number of urea groups is 1. The van der Waals surface area contributed by atoms with Crippen LogP contribution in [-0.4, -0.2) is 60.7 Å². The van der Waals surface area contributed by atoms with Crippen LogP contribution in [0.2, 0.25) is 0 Å². The molecule has 3 unspecified atom stereocenters. The highest BCUT2D eigenvalue weighted by Gasteiger charge is 2.34. The lowest BCUT2D eigenvalue weighted by Gasteiger charge is -2.23. The molecule has 0 saturated carbocycles. The molecule has 1 saturated heterocycles. The van der Waals surface area contributed by atoms with Gasteiger partial charge in [0.1, 0.15) is 0 Å². The van der Waals surface area contributed by atoms with Crippen molar-refractivity contribution in [3.63, 3.8) is 0 Å². The van der Waals surface area contributed by atoms with Crippen molar-refractivity contribution in [2.45, 2.75) is 56.4 Å². The van der Waals surface area contributed by atoms with Crippen LogP contribution >= 0.6 is 12.6 Å². The number of carbonyl (C=O) groups is 2. The molecule has 1 rings (SSSR count). The number of rotatable bonds is 12. The average Bonchev–Trinajstić information content (AvgIpc) is 2.92. The number of amides is 3. The average molecular weight is 347 g/mol. The monoisotopic (exact) mass is 347 g/mol. The molecule has 3 amide bonds. The van der Waals surface area contributed by atoms with E-state index in [-0.39, 0.29) is 35.9 Å². The fourth-order valence-corrected chi connectivity index (χ4v) is 3.07. The van der Waals surface area contributed by atoms with Gasteiger partial charge in [0, 0.05) is 18.2 Å². The number of unbranched alkanes of at least 4 members (excludes halogenated alkanes) is 1. The number of thiol groups is 1. The second kappa shape index (κ2) is 11.5. The normalized spacial score (nSPS) is 21.6. The van der Waals surface area contributed by atoms with Crippen molar-refractivity contribution in [3.05, 3.63) is 0 Å². The molecule has 0 aromatic heterocycles. The summed E-state index contributed by atoms with van der Waals surface area (Å²) in [6, 6.07) is 0.0595. The Labute approximate surface area is 143 Å². The number of aliphatic hydroxyl groups is 1. The highest BCUT2D eigenvalue weighted by molar-refractivity contribution is 7.81. The summed E-state index contributed by atoms with van der Waals surface area (Å²) in [5.74, 6) is 0.00980. The van der Waals surface area contributed by atoms with Gasteiger partial charge in [0.25, 0.3) is 0 Å². The van der Waals surface area contributed by atoms with Crippen LogP contribution < -0.4 is 16.0 Å². The van der Waals surface area contributed by atoms with Gasteiger partial charge >= 0.3 is 6.03 Å². The molecule has 0 bridgehead atoms. The molecule has 0 aliphatic carbocycles. The van der Waals surface area contributed by atoms with E-state index in [2.05, 4.69) is 28.6 Å². The first-order valence-electron chi connectivity index (χ1n) is 8.28. The van der Waals surface area contributed by atoms with Crippen LogP contribution in [0.4, 0.5) is 4.79 Å². The molecule has 0 aromatic rings. The number of carbonyl (C=O) groups excluding carboxylic acids is 2. The van der Waals surface area contributed by atoms with E-state index in [1.165, 1.54) is 0 Å². The number of aliphatic hydroxyl groups excluding tert-OH is 1. The molecule has 1 heterocycles. The van der Waals surface area contributed by atoms with Gasteiger partial charge in [0.2, 0.25) is 5.91 Å². The Kier molecular flexibility index (Phi) is 10.1. The van der Waals surface area contributed by atoms with Crippen molar-refractivity contribution >= 4 is 24.6 Å². The first-order chi connectivity index (χ1) is 11.1. The fraction of sp³-hybridized carbons (Fsp3) is 0.867. The molecule has 23 heavy (non-hydrogen) atoms. The van der Waals surface area contributed by atoms with Gasteiger partial charge in [-0.15, -0.1) is 0 Å². The van der Waals surface area contributed by atoms with Crippen molar-refractivity contribution in [1.29, 1.82) is 0 Å². The minimum absolute atomic E-state index is 0.00526. The van der Waals surface area contributed by atoms with Crippen LogP contribution in [0.25, 0.3) is 0 Å².